The summed E-state index contributed by atoms with van der Waals surface area (Å²) in [4.78, 5) is 12.8. The molecule has 1 aromatic carbocycles. The molecule has 0 spiro atoms. The molecular formula is C14H19NO4. The molecule has 1 unspecified atom stereocenters. The molecule has 5 heteroatoms. The van der Waals surface area contributed by atoms with Crippen molar-refractivity contribution in [3.05, 3.63) is 17.7 Å². The third-order valence-electron chi connectivity index (χ3n) is 3.24. The molecule has 0 bridgehead atoms. The molecular weight excluding hydrogens is 246 g/mol. The molecule has 1 heterocycles. The third kappa shape index (κ3) is 2.92. The number of nitrogens with zero attached hydrogens (tertiary/aromatic N) is 1. The number of aliphatic carboxylic acids is 1. The van der Waals surface area contributed by atoms with Gasteiger partial charge in [0.15, 0.2) is 11.5 Å². The molecule has 104 valence electrons. The summed E-state index contributed by atoms with van der Waals surface area (Å²) >= 11 is 0. The summed E-state index contributed by atoms with van der Waals surface area (Å²) in [5, 5.41) is 8.97. The average molecular weight is 265 g/mol. The van der Waals surface area contributed by atoms with E-state index >= 15 is 0 Å². The first kappa shape index (κ1) is 13.5. The number of carbonyl (C=O) groups is 1. The van der Waals surface area contributed by atoms with Crippen LogP contribution in [-0.4, -0.2) is 37.9 Å². The van der Waals surface area contributed by atoms with Crippen molar-refractivity contribution in [2.24, 2.45) is 5.92 Å². The highest BCUT2D eigenvalue weighted by Gasteiger charge is 2.19. The van der Waals surface area contributed by atoms with Crippen molar-refractivity contribution in [1.29, 1.82) is 0 Å². The standard InChI is InChI=1S/C14H19NO4/c1-9-6-12-13(19-5-4-18-12)7-11(9)15(3)8-10(2)14(16)17/h6-7,10H,4-5,8H2,1-3H3,(H,16,17). The SMILES string of the molecule is Cc1cc2c(cc1N(C)CC(C)C(=O)O)OCCO2. The van der Waals surface area contributed by atoms with E-state index in [0.717, 1.165) is 22.7 Å². The Morgan fingerprint density at radius 3 is 2.53 bits per heavy atom. The topological polar surface area (TPSA) is 59.0 Å². The normalized spacial score (nSPS) is 14.9. The Hall–Kier alpha value is -1.91. The fraction of sp³-hybridized carbons (Fsp3) is 0.500. The van der Waals surface area contributed by atoms with Gasteiger partial charge < -0.3 is 19.5 Å². The Labute approximate surface area is 112 Å². The number of carboxylic acid groups (broad SMARTS) is 1. The van der Waals surface area contributed by atoms with Crippen LogP contribution in [0.4, 0.5) is 5.69 Å². The lowest BCUT2D eigenvalue weighted by Crippen LogP contribution is -2.29. The van der Waals surface area contributed by atoms with Gasteiger partial charge in [0.05, 0.1) is 5.92 Å². The summed E-state index contributed by atoms with van der Waals surface area (Å²) in [5.41, 5.74) is 2.02. The molecule has 0 aliphatic carbocycles. The maximum atomic E-state index is 10.9. The van der Waals surface area contributed by atoms with Crippen LogP contribution < -0.4 is 14.4 Å². The van der Waals surface area contributed by atoms with Crippen molar-refractivity contribution < 1.29 is 19.4 Å². The van der Waals surface area contributed by atoms with E-state index in [0.29, 0.717) is 19.8 Å². The van der Waals surface area contributed by atoms with Crippen LogP contribution in [0, 0.1) is 12.8 Å². The number of aryl methyl sites for hydroxylation is 1. The molecule has 2 rings (SSSR count). The van der Waals surface area contributed by atoms with Crippen LogP contribution in [0.1, 0.15) is 12.5 Å². The summed E-state index contributed by atoms with van der Waals surface area (Å²) in [7, 11) is 1.89. The maximum Gasteiger partial charge on any atom is 0.308 e. The fourth-order valence-electron chi connectivity index (χ4n) is 2.18. The number of ether oxygens (including phenoxy) is 2. The van der Waals surface area contributed by atoms with Crippen molar-refractivity contribution in [3.63, 3.8) is 0 Å². The summed E-state index contributed by atoms with van der Waals surface area (Å²) in [5.74, 6) is 0.272. The number of hydrogen-bond acceptors (Lipinski definition) is 4. The van der Waals surface area contributed by atoms with Crippen molar-refractivity contribution in [1.82, 2.24) is 0 Å². The number of anilines is 1. The van der Waals surface area contributed by atoms with Gasteiger partial charge in [-0.25, -0.2) is 0 Å². The predicted molar refractivity (Wildman–Crippen MR) is 72.2 cm³/mol. The molecule has 19 heavy (non-hydrogen) atoms. The van der Waals surface area contributed by atoms with Crippen LogP contribution in [0.5, 0.6) is 11.5 Å². The van der Waals surface area contributed by atoms with E-state index in [1.165, 1.54) is 0 Å². The van der Waals surface area contributed by atoms with Crippen molar-refractivity contribution in [3.8, 4) is 11.5 Å². The van der Waals surface area contributed by atoms with Gasteiger partial charge in [0.1, 0.15) is 13.2 Å². The summed E-state index contributed by atoms with van der Waals surface area (Å²) < 4.78 is 11.1. The van der Waals surface area contributed by atoms with E-state index in [9.17, 15) is 4.79 Å². The quantitative estimate of drug-likeness (QED) is 0.901. The average Bonchev–Trinajstić information content (AvgIpc) is 2.37. The van der Waals surface area contributed by atoms with Gasteiger partial charge in [-0.15, -0.1) is 0 Å². The Bertz CT molecular complexity index is 487. The number of benzene rings is 1. The lowest BCUT2D eigenvalue weighted by Gasteiger charge is -2.26. The van der Waals surface area contributed by atoms with Crippen LogP contribution in [0.3, 0.4) is 0 Å². The van der Waals surface area contributed by atoms with E-state index < -0.39 is 11.9 Å². The molecule has 0 amide bonds. The highest BCUT2D eigenvalue weighted by molar-refractivity contribution is 5.71. The van der Waals surface area contributed by atoms with Crippen LogP contribution in [0.15, 0.2) is 12.1 Å². The molecule has 0 radical (unpaired) electrons. The van der Waals surface area contributed by atoms with Gasteiger partial charge in [0.2, 0.25) is 0 Å². The van der Waals surface area contributed by atoms with Crippen LogP contribution in [-0.2, 0) is 4.79 Å². The maximum absolute atomic E-state index is 10.9. The Morgan fingerprint density at radius 1 is 1.37 bits per heavy atom. The Kier molecular flexibility index (Phi) is 3.83. The molecule has 1 aromatic rings. The zero-order chi connectivity index (χ0) is 14.0. The van der Waals surface area contributed by atoms with E-state index in [2.05, 4.69) is 0 Å². The van der Waals surface area contributed by atoms with Gasteiger partial charge in [-0.1, -0.05) is 6.92 Å². The van der Waals surface area contributed by atoms with E-state index in [4.69, 9.17) is 14.6 Å². The number of carboxylic acids is 1. The second kappa shape index (κ2) is 5.38. The number of rotatable bonds is 4. The molecule has 0 saturated heterocycles. The molecule has 5 nitrogen and oxygen atoms in total. The van der Waals surface area contributed by atoms with E-state index in [-0.39, 0.29) is 0 Å². The molecule has 0 saturated carbocycles. The van der Waals surface area contributed by atoms with Gasteiger partial charge in [-0.3, -0.25) is 4.79 Å². The minimum atomic E-state index is -0.790. The minimum absolute atomic E-state index is 0.419. The molecule has 0 aromatic heterocycles. The molecule has 1 N–H and O–H groups in total. The second-order valence-corrected chi connectivity index (χ2v) is 4.90. The van der Waals surface area contributed by atoms with Crippen molar-refractivity contribution in [2.45, 2.75) is 13.8 Å². The van der Waals surface area contributed by atoms with Gasteiger partial charge in [-0.05, 0) is 18.6 Å². The lowest BCUT2D eigenvalue weighted by molar-refractivity contribution is -0.140. The highest BCUT2D eigenvalue weighted by Crippen LogP contribution is 2.36. The van der Waals surface area contributed by atoms with Gasteiger partial charge >= 0.3 is 5.97 Å². The van der Waals surface area contributed by atoms with Crippen molar-refractivity contribution >= 4 is 11.7 Å². The fourth-order valence-corrected chi connectivity index (χ4v) is 2.18. The molecule has 1 aliphatic rings. The van der Waals surface area contributed by atoms with Gasteiger partial charge in [0, 0.05) is 25.3 Å². The molecule has 0 fully saturated rings. The number of fused-ring (bicyclic) bond motifs is 1. The van der Waals surface area contributed by atoms with Crippen LogP contribution in [0.25, 0.3) is 0 Å². The zero-order valence-corrected chi connectivity index (χ0v) is 11.5. The summed E-state index contributed by atoms with van der Waals surface area (Å²) in [6.07, 6.45) is 0. The molecule has 1 atom stereocenters. The first-order chi connectivity index (χ1) is 8.99. The Balaban J connectivity index is 2.21. The van der Waals surface area contributed by atoms with Gasteiger partial charge in [-0.2, -0.15) is 0 Å². The summed E-state index contributed by atoms with van der Waals surface area (Å²) in [6.45, 7) is 5.25. The van der Waals surface area contributed by atoms with Gasteiger partial charge in [0.25, 0.3) is 0 Å². The lowest BCUT2D eigenvalue weighted by atomic mass is 10.1. The first-order valence-corrected chi connectivity index (χ1v) is 6.33. The van der Waals surface area contributed by atoms with E-state index in [1.54, 1.807) is 6.92 Å². The smallest absolute Gasteiger partial charge is 0.308 e. The minimum Gasteiger partial charge on any atom is -0.486 e. The largest absolute Gasteiger partial charge is 0.486 e. The number of hydrogen-bond donors (Lipinski definition) is 1. The Morgan fingerprint density at radius 2 is 1.95 bits per heavy atom. The van der Waals surface area contributed by atoms with Crippen molar-refractivity contribution in [2.75, 3.05) is 31.7 Å². The highest BCUT2D eigenvalue weighted by atomic mass is 16.6. The second-order valence-electron chi connectivity index (χ2n) is 4.90. The third-order valence-corrected chi connectivity index (χ3v) is 3.24. The predicted octanol–water partition coefficient (Wildman–Crippen LogP) is 1.92. The zero-order valence-electron chi connectivity index (χ0n) is 11.5. The molecule has 1 aliphatic heterocycles. The monoisotopic (exact) mass is 265 g/mol. The summed E-state index contributed by atoms with van der Waals surface area (Å²) in [6, 6.07) is 3.85. The first-order valence-electron chi connectivity index (χ1n) is 6.33. The van der Waals surface area contributed by atoms with E-state index in [1.807, 2.05) is 31.0 Å². The van der Waals surface area contributed by atoms with Crippen LogP contribution in [0.2, 0.25) is 0 Å². The van der Waals surface area contributed by atoms with Crippen LogP contribution >= 0.6 is 0 Å².